The fourth-order valence-corrected chi connectivity index (χ4v) is 3.75. The Morgan fingerprint density at radius 2 is 2.04 bits per heavy atom. The van der Waals surface area contributed by atoms with Crippen molar-refractivity contribution in [2.75, 3.05) is 18.0 Å². The second-order valence-electron chi connectivity index (χ2n) is 7.48. The van der Waals surface area contributed by atoms with Crippen molar-refractivity contribution in [3.63, 3.8) is 0 Å². The first kappa shape index (κ1) is 21.2. The predicted octanol–water partition coefficient (Wildman–Crippen LogP) is -0.136. The number of carboxylic acids is 1. The molecular weight excluding hydrogens is 368 g/mol. The second-order valence-corrected chi connectivity index (χ2v) is 7.48. The minimum atomic E-state index is -1.18. The van der Waals surface area contributed by atoms with Crippen LogP contribution in [-0.2, 0) is 24.2 Å². The maximum absolute atomic E-state index is 14.2. The summed E-state index contributed by atoms with van der Waals surface area (Å²) in [5.41, 5.74) is 4.14. The van der Waals surface area contributed by atoms with Gasteiger partial charge in [0.05, 0.1) is 0 Å². The summed E-state index contributed by atoms with van der Waals surface area (Å²) >= 11 is 0. The summed E-state index contributed by atoms with van der Waals surface area (Å²) in [7, 11) is 0. The average Bonchev–Trinajstić information content (AvgIpc) is 3.37. The van der Waals surface area contributed by atoms with E-state index in [1.807, 2.05) is 0 Å². The van der Waals surface area contributed by atoms with Gasteiger partial charge in [0.25, 0.3) is 0 Å². The summed E-state index contributed by atoms with van der Waals surface area (Å²) in [6.07, 6.45) is 3.65. The van der Waals surface area contributed by atoms with E-state index in [-0.39, 0.29) is 42.4 Å². The quantitative estimate of drug-likeness (QED) is 0.588. The molecule has 6 heteroatoms. The Bertz CT molecular complexity index is 854. The van der Waals surface area contributed by atoms with Crippen LogP contribution in [0.3, 0.4) is 0 Å². The smallest absolute Gasteiger partial charge is 0.550 e. The van der Waals surface area contributed by atoms with Crippen molar-refractivity contribution in [1.29, 1.82) is 0 Å². The molecular formula is C22H23FNNaO3. The number of nitrogens with zero attached hydrogens (tertiary/aromatic N) is 1. The number of rotatable bonds is 8. The van der Waals surface area contributed by atoms with Gasteiger partial charge in [0.1, 0.15) is 18.2 Å². The van der Waals surface area contributed by atoms with E-state index < -0.39 is 11.8 Å². The van der Waals surface area contributed by atoms with Crippen LogP contribution < -0.4 is 44.3 Å². The van der Waals surface area contributed by atoms with Crippen LogP contribution >= 0.6 is 0 Å². The zero-order valence-corrected chi connectivity index (χ0v) is 18.2. The third-order valence-electron chi connectivity index (χ3n) is 5.36. The Morgan fingerprint density at radius 1 is 1.21 bits per heavy atom. The van der Waals surface area contributed by atoms with Gasteiger partial charge in [-0.1, -0.05) is 24.3 Å². The molecule has 1 heterocycles. The number of fused-ring (bicyclic) bond motifs is 1. The van der Waals surface area contributed by atoms with Crippen molar-refractivity contribution in [1.82, 2.24) is 0 Å². The first-order valence-corrected chi connectivity index (χ1v) is 9.57. The number of hydrogen-bond donors (Lipinski definition) is 0. The Hall–Kier alpha value is -1.56. The largest absolute Gasteiger partial charge is 1.00 e. The number of para-hydroxylation sites is 1. The van der Waals surface area contributed by atoms with E-state index in [1.54, 1.807) is 12.1 Å². The minimum absolute atomic E-state index is 0. The average molecular weight is 391 g/mol. The molecule has 0 saturated heterocycles. The number of hydrogen-bond acceptors (Lipinski definition) is 4. The molecule has 4 rings (SSSR count). The van der Waals surface area contributed by atoms with E-state index in [0.29, 0.717) is 17.9 Å². The first-order chi connectivity index (χ1) is 13.1. The molecule has 0 radical (unpaired) electrons. The monoisotopic (exact) mass is 391 g/mol. The number of carboxylic acid groups (broad SMARTS) is 1. The fourth-order valence-electron chi connectivity index (χ4n) is 3.75. The molecule has 2 aliphatic rings. The van der Waals surface area contributed by atoms with E-state index in [4.69, 9.17) is 4.74 Å². The van der Waals surface area contributed by atoms with Gasteiger partial charge in [-0.3, -0.25) is 0 Å². The summed E-state index contributed by atoms with van der Waals surface area (Å²) in [4.78, 5) is 13.0. The van der Waals surface area contributed by atoms with Gasteiger partial charge in [0, 0.05) is 36.4 Å². The minimum Gasteiger partial charge on any atom is -0.550 e. The van der Waals surface area contributed by atoms with Crippen LogP contribution in [0.5, 0.6) is 5.75 Å². The number of aliphatic carboxylic acids is 1. The molecule has 1 aliphatic heterocycles. The summed E-state index contributed by atoms with van der Waals surface area (Å²) in [5.74, 6) is -0.340. The summed E-state index contributed by atoms with van der Waals surface area (Å²) in [5, 5.41) is 10.5. The summed E-state index contributed by atoms with van der Waals surface area (Å²) < 4.78 is 20.0. The zero-order chi connectivity index (χ0) is 18.8. The summed E-state index contributed by atoms with van der Waals surface area (Å²) in [6.45, 7) is 2.57. The molecule has 0 bridgehead atoms. The van der Waals surface area contributed by atoms with Crippen LogP contribution in [0.15, 0.2) is 36.4 Å². The van der Waals surface area contributed by atoms with Crippen LogP contribution in [-0.4, -0.2) is 19.1 Å². The number of anilines is 1. The third kappa shape index (κ3) is 5.07. The van der Waals surface area contributed by atoms with Gasteiger partial charge in [-0.15, -0.1) is 0 Å². The van der Waals surface area contributed by atoms with Crippen LogP contribution in [0.25, 0.3) is 0 Å². The van der Waals surface area contributed by atoms with Crippen molar-refractivity contribution < 1.29 is 48.6 Å². The number of carbonyl (C=O) groups excluding carboxylic acids is 1. The van der Waals surface area contributed by atoms with Crippen LogP contribution in [0.4, 0.5) is 10.1 Å². The third-order valence-corrected chi connectivity index (χ3v) is 5.36. The molecule has 0 unspecified atom stereocenters. The van der Waals surface area contributed by atoms with Gasteiger partial charge in [-0.05, 0) is 55.2 Å². The van der Waals surface area contributed by atoms with E-state index in [2.05, 4.69) is 23.1 Å². The van der Waals surface area contributed by atoms with Crippen molar-refractivity contribution in [3.8, 4) is 5.75 Å². The molecule has 2 aromatic rings. The topological polar surface area (TPSA) is 52.6 Å². The number of aryl methyl sites for hydroxylation is 1. The maximum atomic E-state index is 14.2. The Labute approximate surface area is 187 Å². The van der Waals surface area contributed by atoms with E-state index in [1.165, 1.54) is 30.2 Å². The van der Waals surface area contributed by atoms with Gasteiger partial charge < -0.3 is 19.5 Å². The number of halogens is 1. The SMILES string of the molecule is O=C([O-])CCc1ccc(OCc2cccc3c2N(CC2CC2)CC3)cc1F.[Na+]. The van der Waals surface area contributed by atoms with E-state index >= 15 is 0 Å². The number of benzene rings is 2. The van der Waals surface area contributed by atoms with Gasteiger partial charge in [-0.25, -0.2) is 4.39 Å². The van der Waals surface area contributed by atoms with Crippen LogP contribution in [0.2, 0.25) is 0 Å². The molecule has 1 saturated carbocycles. The van der Waals surface area contributed by atoms with Crippen LogP contribution in [0, 0.1) is 11.7 Å². The normalized spacial score (nSPS) is 15.1. The molecule has 142 valence electrons. The first-order valence-electron chi connectivity index (χ1n) is 9.57. The van der Waals surface area contributed by atoms with Crippen molar-refractivity contribution in [3.05, 3.63) is 58.9 Å². The molecule has 0 aromatic heterocycles. The zero-order valence-electron chi connectivity index (χ0n) is 16.2. The van der Waals surface area contributed by atoms with E-state index in [0.717, 1.165) is 31.0 Å². The molecule has 2 aromatic carbocycles. The molecule has 0 N–H and O–H groups in total. The summed E-state index contributed by atoms with van der Waals surface area (Å²) in [6, 6.07) is 10.9. The predicted molar refractivity (Wildman–Crippen MR) is 99.1 cm³/mol. The maximum Gasteiger partial charge on any atom is 1.00 e. The molecule has 1 aliphatic carbocycles. The van der Waals surface area contributed by atoms with Gasteiger partial charge in [0.2, 0.25) is 0 Å². The Balaban J connectivity index is 0.00000225. The fraction of sp³-hybridized carbons (Fsp3) is 0.409. The van der Waals surface area contributed by atoms with Gasteiger partial charge in [-0.2, -0.15) is 0 Å². The Morgan fingerprint density at radius 3 is 2.75 bits per heavy atom. The van der Waals surface area contributed by atoms with Crippen molar-refractivity contribution in [2.24, 2.45) is 5.92 Å². The molecule has 0 atom stereocenters. The van der Waals surface area contributed by atoms with Gasteiger partial charge >= 0.3 is 29.6 Å². The van der Waals surface area contributed by atoms with Crippen molar-refractivity contribution in [2.45, 2.75) is 38.7 Å². The molecule has 28 heavy (non-hydrogen) atoms. The van der Waals surface area contributed by atoms with Gasteiger partial charge in [0.15, 0.2) is 0 Å². The molecule has 0 amide bonds. The number of carbonyl (C=O) groups is 1. The molecule has 0 spiro atoms. The standard InChI is InChI=1S/C22H24FNO3.Na/c23-20-12-19(8-6-16(20)7-9-21(25)26)27-14-18-3-1-2-17-10-11-24(22(17)18)13-15-4-5-15;/h1-3,6,8,12,15H,4-5,7,9-11,13-14H2,(H,25,26);/q;+1/p-1. The Kier molecular flexibility index (Phi) is 7.02. The van der Waals surface area contributed by atoms with Crippen LogP contribution in [0.1, 0.15) is 36.0 Å². The van der Waals surface area contributed by atoms with Crippen molar-refractivity contribution >= 4 is 11.7 Å². The molecule has 4 nitrogen and oxygen atoms in total. The molecule has 1 fully saturated rings. The van der Waals surface area contributed by atoms with E-state index in [9.17, 15) is 14.3 Å². The second kappa shape index (κ2) is 9.29. The number of ether oxygens (including phenoxy) is 1.